The normalized spacial score (nSPS) is 29.4. The molecule has 5 nitrogen and oxygen atoms in total. The molecule has 2 aliphatic heterocycles. The molecule has 0 bridgehead atoms. The van der Waals surface area contributed by atoms with E-state index < -0.39 is 0 Å². The number of rotatable bonds is 4. The summed E-state index contributed by atoms with van der Waals surface area (Å²) in [6.45, 7) is 4.45. The highest BCUT2D eigenvalue weighted by Crippen LogP contribution is 2.47. The first kappa shape index (κ1) is 22.7. The molecular weight excluding hydrogens is 451 g/mol. The Morgan fingerprint density at radius 1 is 0.971 bits per heavy atom. The summed E-state index contributed by atoms with van der Waals surface area (Å²) in [6.07, 6.45) is 10.5. The molecule has 2 saturated heterocycles. The van der Waals surface area contributed by atoms with Gasteiger partial charge in [0.15, 0.2) is 0 Å². The SMILES string of the molecule is Fc1ccc(Cl)c(-c2ccc(NC3C[C@@H]4CN(C5CCC6(CCOCC6)CC5)C[C@@H]4C3)nn2)c1. The van der Waals surface area contributed by atoms with Gasteiger partial charge in [-0.25, -0.2) is 4.39 Å². The van der Waals surface area contributed by atoms with Gasteiger partial charge in [0.05, 0.1) is 10.7 Å². The maximum absolute atomic E-state index is 13.6. The summed E-state index contributed by atoms with van der Waals surface area (Å²) in [5.41, 5.74) is 1.75. The molecule has 0 radical (unpaired) electrons. The quantitative estimate of drug-likeness (QED) is 0.594. The molecule has 1 unspecified atom stereocenters. The number of benzene rings is 1. The fourth-order valence-electron chi connectivity index (χ4n) is 7.09. The summed E-state index contributed by atoms with van der Waals surface area (Å²) in [6, 6.07) is 9.34. The molecule has 2 saturated carbocycles. The predicted octanol–water partition coefficient (Wildman–Crippen LogP) is 5.80. The fraction of sp³-hybridized carbons (Fsp3) is 0.630. The summed E-state index contributed by atoms with van der Waals surface area (Å²) in [4.78, 5) is 2.81. The number of aromatic nitrogens is 2. The van der Waals surface area contributed by atoms with Gasteiger partial charge in [0.25, 0.3) is 0 Å². The van der Waals surface area contributed by atoms with Crippen molar-refractivity contribution in [2.45, 2.75) is 63.5 Å². The van der Waals surface area contributed by atoms with E-state index in [2.05, 4.69) is 20.4 Å². The number of anilines is 1. The van der Waals surface area contributed by atoms with Gasteiger partial charge in [-0.2, -0.15) is 0 Å². The maximum atomic E-state index is 13.6. The summed E-state index contributed by atoms with van der Waals surface area (Å²) >= 11 is 6.21. The Balaban J connectivity index is 1.01. The summed E-state index contributed by atoms with van der Waals surface area (Å²) in [5.74, 6) is 2.03. The zero-order valence-corrected chi connectivity index (χ0v) is 20.4. The number of fused-ring (bicyclic) bond motifs is 1. The minimum absolute atomic E-state index is 0.328. The van der Waals surface area contributed by atoms with E-state index >= 15 is 0 Å². The van der Waals surface area contributed by atoms with Crippen LogP contribution < -0.4 is 5.32 Å². The number of hydrogen-bond donors (Lipinski definition) is 1. The molecule has 1 aromatic carbocycles. The Labute approximate surface area is 206 Å². The zero-order chi connectivity index (χ0) is 23.1. The second kappa shape index (κ2) is 9.36. The second-order valence-electron chi connectivity index (χ2n) is 11.1. The number of hydrogen-bond acceptors (Lipinski definition) is 5. The van der Waals surface area contributed by atoms with E-state index in [1.165, 1.54) is 76.6 Å². The van der Waals surface area contributed by atoms with Crippen molar-refractivity contribution in [1.82, 2.24) is 15.1 Å². The molecule has 1 N–H and O–H groups in total. The highest BCUT2D eigenvalue weighted by molar-refractivity contribution is 6.33. The van der Waals surface area contributed by atoms with Crippen LogP contribution in [0.5, 0.6) is 0 Å². The summed E-state index contributed by atoms with van der Waals surface area (Å²) in [7, 11) is 0. The van der Waals surface area contributed by atoms with Crippen molar-refractivity contribution in [2.75, 3.05) is 31.6 Å². The van der Waals surface area contributed by atoms with Crippen molar-refractivity contribution in [2.24, 2.45) is 17.3 Å². The highest BCUT2D eigenvalue weighted by Gasteiger charge is 2.45. The molecule has 7 heteroatoms. The van der Waals surface area contributed by atoms with Gasteiger partial charge in [-0.1, -0.05) is 11.6 Å². The monoisotopic (exact) mass is 484 g/mol. The van der Waals surface area contributed by atoms with E-state index in [-0.39, 0.29) is 5.82 Å². The van der Waals surface area contributed by atoms with Gasteiger partial charge in [-0.3, -0.25) is 4.90 Å². The molecule has 3 heterocycles. The van der Waals surface area contributed by atoms with Crippen LogP contribution in [0.4, 0.5) is 10.2 Å². The molecule has 0 amide bonds. The van der Waals surface area contributed by atoms with Crippen LogP contribution in [0.2, 0.25) is 5.02 Å². The van der Waals surface area contributed by atoms with Crippen molar-refractivity contribution in [3.8, 4) is 11.3 Å². The molecule has 4 aliphatic rings. The van der Waals surface area contributed by atoms with Crippen molar-refractivity contribution < 1.29 is 9.13 Å². The van der Waals surface area contributed by atoms with Gasteiger partial charge in [0.2, 0.25) is 0 Å². The molecule has 182 valence electrons. The maximum Gasteiger partial charge on any atom is 0.148 e. The molecule has 1 spiro atoms. The van der Waals surface area contributed by atoms with Crippen LogP contribution in [0.3, 0.4) is 0 Å². The lowest BCUT2D eigenvalue weighted by Crippen LogP contribution is -2.42. The van der Waals surface area contributed by atoms with E-state index in [1.54, 1.807) is 6.07 Å². The van der Waals surface area contributed by atoms with Crippen molar-refractivity contribution in [3.63, 3.8) is 0 Å². The van der Waals surface area contributed by atoms with Gasteiger partial charge in [0, 0.05) is 44.0 Å². The average molecular weight is 485 g/mol. The lowest BCUT2D eigenvalue weighted by Gasteiger charge is -2.45. The highest BCUT2D eigenvalue weighted by atomic mass is 35.5. The molecule has 2 aliphatic carbocycles. The summed E-state index contributed by atoms with van der Waals surface area (Å²) < 4.78 is 19.2. The minimum Gasteiger partial charge on any atom is -0.381 e. The Hall–Kier alpha value is -1.76. The third-order valence-electron chi connectivity index (χ3n) is 9.09. The Morgan fingerprint density at radius 2 is 1.71 bits per heavy atom. The molecular formula is C27H34ClFN4O. The lowest BCUT2D eigenvalue weighted by molar-refractivity contribution is -0.0186. The van der Waals surface area contributed by atoms with Gasteiger partial charge in [0.1, 0.15) is 11.6 Å². The Bertz CT molecular complexity index is 988. The first-order chi connectivity index (χ1) is 16.6. The van der Waals surface area contributed by atoms with Crippen LogP contribution in [0.25, 0.3) is 11.3 Å². The summed E-state index contributed by atoms with van der Waals surface area (Å²) in [5, 5.41) is 12.7. The largest absolute Gasteiger partial charge is 0.381 e. The van der Waals surface area contributed by atoms with Gasteiger partial charge in [-0.05, 0) is 98.9 Å². The van der Waals surface area contributed by atoms with Crippen LogP contribution in [-0.2, 0) is 4.74 Å². The van der Waals surface area contributed by atoms with E-state index in [9.17, 15) is 4.39 Å². The number of halogens is 2. The molecule has 34 heavy (non-hydrogen) atoms. The average Bonchev–Trinajstić information content (AvgIpc) is 3.41. The zero-order valence-electron chi connectivity index (χ0n) is 19.7. The molecule has 6 rings (SSSR count). The molecule has 4 fully saturated rings. The van der Waals surface area contributed by atoms with E-state index in [0.717, 1.165) is 36.9 Å². The van der Waals surface area contributed by atoms with E-state index in [0.29, 0.717) is 27.7 Å². The first-order valence-electron chi connectivity index (χ1n) is 12.9. The number of nitrogens with zero attached hydrogens (tertiary/aromatic N) is 3. The fourth-order valence-corrected chi connectivity index (χ4v) is 7.31. The van der Waals surface area contributed by atoms with Crippen LogP contribution in [0, 0.1) is 23.1 Å². The molecule has 2 aromatic rings. The number of ether oxygens (including phenoxy) is 1. The van der Waals surface area contributed by atoms with Gasteiger partial charge in [-0.15, -0.1) is 10.2 Å². The number of likely N-dealkylation sites (tertiary alicyclic amines) is 1. The second-order valence-corrected chi connectivity index (χ2v) is 11.5. The standard InChI is InChI=1S/C27H34ClFN4O/c28-24-2-1-20(29)15-23(24)25-3-4-26(32-31-25)30-21-13-18-16-33(17-19(18)14-21)22-5-7-27(8-6-22)9-11-34-12-10-27/h1-4,15,18-19,21-22H,5-14,16-17H2,(H,30,32)/t18-,19+,21?. The van der Waals surface area contributed by atoms with Gasteiger partial charge >= 0.3 is 0 Å². The van der Waals surface area contributed by atoms with Crippen LogP contribution >= 0.6 is 11.6 Å². The molecule has 1 aromatic heterocycles. The van der Waals surface area contributed by atoms with E-state index in [4.69, 9.17) is 16.3 Å². The predicted molar refractivity (Wildman–Crippen MR) is 132 cm³/mol. The molecule has 3 atom stereocenters. The van der Waals surface area contributed by atoms with E-state index in [1.807, 2.05) is 12.1 Å². The Morgan fingerprint density at radius 3 is 2.38 bits per heavy atom. The lowest BCUT2D eigenvalue weighted by atomic mass is 9.68. The van der Waals surface area contributed by atoms with Crippen LogP contribution in [-0.4, -0.2) is 53.5 Å². The smallest absolute Gasteiger partial charge is 0.148 e. The van der Waals surface area contributed by atoms with Crippen LogP contribution in [0.15, 0.2) is 30.3 Å². The first-order valence-corrected chi connectivity index (χ1v) is 13.3. The van der Waals surface area contributed by atoms with Gasteiger partial charge < -0.3 is 10.1 Å². The third-order valence-corrected chi connectivity index (χ3v) is 9.42. The third kappa shape index (κ3) is 4.57. The number of nitrogens with one attached hydrogen (secondary N) is 1. The van der Waals surface area contributed by atoms with Crippen molar-refractivity contribution in [3.05, 3.63) is 41.2 Å². The Kier molecular flexibility index (Phi) is 6.25. The van der Waals surface area contributed by atoms with Crippen LogP contribution in [0.1, 0.15) is 51.4 Å². The van der Waals surface area contributed by atoms with Crippen molar-refractivity contribution >= 4 is 17.4 Å². The van der Waals surface area contributed by atoms with Crippen molar-refractivity contribution in [1.29, 1.82) is 0 Å². The topological polar surface area (TPSA) is 50.3 Å². The minimum atomic E-state index is -0.328.